The molecule has 3 aromatic carbocycles. The summed E-state index contributed by atoms with van der Waals surface area (Å²) in [4.78, 5) is 31.0. The highest BCUT2D eigenvalue weighted by Crippen LogP contribution is 2.32. The lowest BCUT2D eigenvalue weighted by atomic mass is 10.0. The summed E-state index contributed by atoms with van der Waals surface area (Å²) >= 11 is 0. The topological polar surface area (TPSA) is 117 Å². The standard InChI is InChI=1S/C28H28N4O5/c33-15-12-29-27(35)21-8-10-22(11-9-21)30-28-31-24-3-1-2-23(26(24)37-28)20-6-4-19(5-7-20)18-25(34)32-13-16-36-17-14-32/h1-11,33H,12-18H2,(H,29,35)(H,30,31). The van der Waals surface area contributed by atoms with Gasteiger partial charge in [-0.3, -0.25) is 9.59 Å². The zero-order valence-corrected chi connectivity index (χ0v) is 20.3. The fourth-order valence-electron chi connectivity index (χ4n) is 4.23. The number of aliphatic hydroxyl groups excluding tert-OH is 1. The first-order valence-electron chi connectivity index (χ1n) is 12.2. The number of carbonyl (C=O) groups is 2. The molecule has 0 radical (unpaired) electrons. The molecule has 0 bridgehead atoms. The average molecular weight is 501 g/mol. The number of aromatic nitrogens is 1. The molecule has 0 aliphatic carbocycles. The number of carbonyl (C=O) groups excluding carboxylic acids is 2. The Kier molecular flexibility index (Phi) is 7.43. The van der Waals surface area contributed by atoms with Gasteiger partial charge in [0.25, 0.3) is 11.9 Å². The number of anilines is 2. The summed E-state index contributed by atoms with van der Waals surface area (Å²) in [5.41, 5.74) is 5.42. The SMILES string of the molecule is O=C(NCCO)c1ccc(Nc2nc3cccc(-c4ccc(CC(=O)N5CCOCC5)cc4)c3o2)cc1. The molecule has 1 aliphatic rings. The molecule has 3 N–H and O–H groups in total. The van der Waals surface area contributed by atoms with Gasteiger partial charge in [0, 0.05) is 36.4 Å². The first kappa shape index (κ1) is 24.5. The summed E-state index contributed by atoms with van der Waals surface area (Å²) in [6.07, 6.45) is 0.364. The lowest BCUT2D eigenvalue weighted by molar-refractivity contribution is -0.134. The second-order valence-electron chi connectivity index (χ2n) is 8.72. The number of para-hydroxylation sites is 1. The number of fused-ring (bicyclic) bond motifs is 1. The highest BCUT2D eigenvalue weighted by Gasteiger charge is 2.17. The van der Waals surface area contributed by atoms with Crippen molar-refractivity contribution in [2.45, 2.75) is 6.42 Å². The van der Waals surface area contributed by atoms with Crippen LogP contribution in [-0.2, 0) is 16.0 Å². The highest BCUT2D eigenvalue weighted by atomic mass is 16.5. The molecule has 0 saturated carbocycles. The molecule has 190 valence electrons. The maximum Gasteiger partial charge on any atom is 0.300 e. The van der Waals surface area contributed by atoms with Gasteiger partial charge in [0.05, 0.1) is 26.2 Å². The lowest BCUT2D eigenvalue weighted by Gasteiger charge is -2.26. The molecule has 1 saturated heterocycles. The minimum atomic E-state index is -0.247. The van der Waals surface area contributed by atoms with E-state index in [9.17, 15) is 9.59 Å². The Labute approximate surface area is 214 Å². The number of benzene rings is 3. The van der Waals surface area contributed by atoms with Gasteiger partial charge >= 0.3 is 0 Å². The van der Waals surface area contributed by atoms with Crippen LogP contribution in [0.25, 0.3) is 22.2 Å². The molecule has 4 aromatic rings. The monoisotopic (exact) mass is 500 g/mol. The molecule has 5 rings (SSSR count). The zero-order chi connectivity index (χ0) is 25.6. The van der Waals surface area contributed by atoms with Crippen molar-refractivity contribution in [3.8, 4) is 11.1 Å². The van der Waals surface area contributed by atoms with Crippen molar-refractivity contribution in [2.75, 3.05) is 44.8 Å². The van der Waals surface area contributed by atoms with Crippen molar-refractivity contribution >= 4 is 34.6 Å². The van der Waals surface area contributed by atoms with Gasteiger partial charge in [-0.25, -0.2) is 0 Å². The van der Waals surface area contributed by atoms with Crippen LogP contribution in [-0.4, -0.2) is 66.3 Å². The summed E-state index contributed by atoms with van der Waals surface area (Å²) in [5, 5.41) is 14.6. The molecule has 0 atom stereocenters. The van der Waals surface area contributed by atoms with Crippen molar-refractivity contribution in [1.82, 2.24) is 15.2 Å². The van der Waals surface area contributed by atoms with Gasteiger partial charge in [0.2, 0.25) is 5.91 Å². The highest BCUT2D eigenvalue weighted by molar-refractivity contribution is 5.94. The number of morpholine rings is 1. The van der Waals surface area contributed by atoms with E-state index in [1.165, 1.54) is 0 Å². The van der Waals surface area contributed by atoms with Crippen molar-refractivity contribution in [1.29, 1.82) is 0 Å². The van der Waals surface area contributed by atoms with Crippen LogP contribution in [0.5, 0.6) is 0 Å². The van der Waals surface area contributed by atoms with E-state index in [0.717, 1.165) is 22.4 Å². The third-order valence-corrected chi connectivity index (χ3v) is 6.19. The number of nitrogens with zero attached hydrogens (tertiary/aromatic N) is 2. The molecule has 37 heavy (non-hydrogen) atoms. The fourth-order valence-corrected chi connectivity index (χ4v) is 4.23. The van der Waals surface area contributed by atoms with E-state index >= 15 is 0 Å². The normalized spacial score (nSPS) is 13.5. The molecule has 0 unspecified atom stereocenters. The van der Waals surface area contributed by atoms with Crippen LogP contribution in [0.1, 0.15) is 15.9 Å². The molecule has 1 aliphatic heterocycles. The number of nitrogens with one attached hydrogen (secondary N) is 2. The predicted molar refractivity (Wildman–Crippen MR) is 140 cm³/mol. The number of hydrogen-bond donors (Lipinski definition) is 3. The minimum absolute atomic E-state index is 0.107. The van der Waals surface area contributed by atoms with Gasteiger partial charge in [-0.2, -0.15) is 4.98 Å². The molecule has 9 heteroatoms. The third-order valence-electron chi connectivity index (χ3n) is 6.19. The smallest absolute Gasteiger partial charge is 0.300 e. The van der Waals surface area contributed by atoms with Crippen LogP contribution in [0.4, 0.5) is 11.7 Å². The van der Waals surface area contributed by atoms with Crippen LogP contribution in [0.2, 0.25) is 0 Å². The van der Waals surface area contributed by atoms with E-state index in [-0.39, 0.29) is 25.0 Å². The van der Waals surface area contributed by atoms with E-state index in [0.29, 0.717) is 55.4 Å². The number of oxazole rings is 1. The molecule has 2 heterocycles. The van der Waals surface area contributed by atoms with E-state index in [1.54, 1.807) is 24.3 Å². The summed E-state index contributed by atoms with van der Waals surface area (Å²) in [5.74, 6) is -0.133. The molecule has 0 spiro atoms. The number of ether oxygens (including phenoxy) is 1. The van der Waals surface area contributed by atoms with Gasteiger partial charge in [0.15, 0.2) is 5.58 Å². The van der Waals surface area contributed by atoms with Crippen LogP contribution in [0.15, 0.2) is 71.1 Å². The average Bonchev–Trinajstić information content (AvgIpc) is 3.35. The summed E-state index contributed by atoms with van der Waals surface area (Å²) < 4.78 is 11.4. The molecule has 1 fully saturated rings. The minimum Gasteiger partial charge on any atom is -0.423 e. The first-order chi connectivity index (χ1) is 18.1. The van der Waals surface area contributed by atoms with Gasteiger partial charge < -0.3 is 29.8 Å². The Morgan fingerprint density at radius 1 is 0.973 bits per heavy atom. The Hall–Kier alpha value is -4.21. The number of hydrogen-bond acceptors (Lipinski definition) is 7. The zero-order valence-electron chi connectivity index (χ0n) is 20.3. The van der Waals surface area contributed by atoms with Crippen molar-refractivity contribution in [3.05, 3.63) is 77.9 Å². The van der Waals surface area contributed by atoms with Crippen molar-refractivity contribution in [2.24, 2.45) is 0 Å². The molecule has 2 amide bonds. The van der Waals surface area contributed by atoms with E-state index < -0.39 is 0 Å². The van der Waals surface area contributed by atoms with Crippen LogP contribution >= 0.6 is 0 Å². The number of amides is 2. The van der Waals surface area contributed by atoms with Crippen LogP contribution in [0.3, 0.4) is 0 Å². The Morgan fingerprint density at radius 3 is 2.46 bits per heavy atom. The Balaban J connectivity index is 1.29. The van der Waals surface area contributed by atoms with Crippen molar-refractivity contribution in [3.63, 3.8) is 0 Å². The summed E-state index contributed by atoms with van der Waals surface area (Å²) in [6.45, 7) is 2.58. The molecule has 9 nitrogen and oxygen atoms in total. The molecule has 1 aromatic heterocycles. The van der Waals surface area contributed by atoms with Crippen LogP contribution in [0, 0.1) is 0 Å². The fraction of sp³-hybridized carbons (Fsp3) is 0.250. The number of aliphatic hydroxyl groups is 1. The van der Waals surface area contributed by atoms with E-state index in [2.05, 4.69) is 15.6 Å². The van der Waals surface area contributed by atoms with E-state index in [1.807, 2.05) is 47.4 Å². The number of rotatable bonds is 8. The maximum absolute atomic E-state index is 12.6. The van der Waals surface area contributed by atoms with Crippen molar-refractivity contribution < 1.29 is 23.8 Å². The molecular weight excluding hydrogens is 472 g/mol. The van der Waals surface area contributed by atoms with Gasteiger partial charge in [-0.15, -0.1) is 0 Å². The lowest BCUT2D eigenvalue weighted by Crippen LogP contribution is -2.41. The van der Waals surface area contributed by atoms with Gasteiger partial charge in [-0.1, -0.05) is 36.4 Å². The Morgan fingerprint density at radius 2 is 1.73 bits per heavy atom. The van der Waals surface area contributed by atoms with E-state index in [4.69, 9.17) is 14.3 Å². The second kappa shape index (κ2) is 11.2. The quantitative estimate of drug-likeness (QED) is 0.340. The Bertz CT molecular complexity index is 1380. The first-order valence-corrected chi connectivity index (χ1v) is 12.2. The second-order valence-corrected chi connectivity index (χ2v) is 8.72. The predicted octanol–water partition coefficient (Wildman–Crippen LogP) is 3.36. The van der Waals surface area contributed by atoms with Crippen LogP contribution < -0.4 is 10.6 Å². The third kappa shape index (κ3) is 5.79. The summed E-state index contributed by atoms with van der Waals surface area (Å²) in [7, 11) is 0. The largest absolute Gasteiger partial charge is 0.423 e. The maximum atomic E-state index is 12.6. The molecular formula is C28H28N4O5. The van der Waals surface area contributed by atoms with Gasteiger partial charge in [0.1, 0.15) is 5.52 Å². The summed E-state index contributed by atoms with van der Waals surface area (Å²) in [6, 6.07) is 21.0. The van der Waals surface area contributed by atoms with Gasteiger partial charge in [-0.05, 0) is 41.5 Å².